The van der Waals surface area contributed by atoms with Crippen LogP contribution in [0.5, 0.6) is 11.5 Å². The summed E-state index contributed by atoms with van der Waals surface area (Å²) < 4.78 is 160. The van der Waals surface area contributed by atoms with Crippen LogP contribution in [0.3, 0.4) is 0 Å². The van der Waals surface area contributed by atoms with E-state index in [4.69, 9.17) is 24.8 Å². The van der Waals surface area contributed by atoms with Gasteiger partial charge in [0.05, 0.1) is 37.9 Å². The number of para-hydroxylation sites is 3. The van der Waals surface area contributed by atoms with Gasteiger partial charge in [0.1, 0.15) is 11.5 Å². The summed E-state index contributed by atoms with van der Waals surface area (Å²) in [5.41, 5.74) is -1.64. The van der Waals surface area contributed by atoms with Crippen LogP contribution >= 0.6 is 0 Å². The molecule has 60 heavy (non-hydrogen) atoms. The Bertz CT molecular complexity index is 3900. The molecule has 0 spiro atoms. The van der Waals surface area contributed by atoms with E-state index in [1.54, 1.807) is 67.1 Å². The molecule has 7 heteroatoms. The molecule has 0 atom stereocenters. The first kappa shape index (κ1) is 23.8. The zero-order valence-electron chi connectivity index (χ0n) is 49.1. The molecule has 0 amide bonds. The third-order valence-corrected chi connectivity index (χ3v) is 9.89. The van der Waals surface area contributed by atoms with Crippen LogP contribution in [0.2, 0.25) is 0 Å². The first-order valence-electron chi connectivity index (χ1n) is 27.0. The van der Waals surface area contributed by atoms with Gasteiger partial charge >= 0.3 is 27.1 Å². The number of rotatable bonds is 7. The van der Waals surface area contributed by atoms with Crippen LogP contribution in [0.4, 0.5) is 22.7 Å². The first-order chi connectivity index (χ1) is 35.7. The van der Waals surface area contributed by atoms with Crippen molar-refractivity contribution in [3.63, 3.8) is 0 Å². The topological polar surface area (TPSA) is 46.0 Å². The maximum Gasteiger partial charge on any atom is 2.00 e. The van der Waals surface area contributed by atoms with Gasteiger partial charge in [-0.05, 0) is 76.1 Å². The van der Waals surface area contributed by atoms with Gasteiger partial charge in [-0.15, -0.1) is 23.6 Å². The van der Waals surface area contributed by atoms with Crippen molar-refractivity contribution in [3.8, 4) is 39.6 Å². The molecule has 0 radical (unpaired) electrons. The molecule has 0 saturated heterocycles. The smallest absolute Gasteiger partial charge is 0.509 e. The Morgan fingerprint density at radius 1 is 0.717 bits per heavy atom. The number of hydrogen-bond acceptors (Lipinski definition) is 3. The van der Waals surface area contributed by atoms with Gasteiger partial charge < -0.3 is 9.30 Å². The van der Waals surface area contributed by atoms with Gasteiger partial charge in [0.2, 0.25) is 5.69 Å². The molecule has 6 aromatic carbocycles. The third-order valence-electron chi connectivity index (χ3n) is 9.89. The summed E-state index contributed by atoms with van der Waals surface area (Å²) in [5, 5.41) is 1.79. The van der Waals surface area contributed by atoms with Gasteiger partial charge in [-0.1, -0.05) is 121 Å². The molecule has 0 fully saturated rings. The van der Waals surface area contributed by atoms with Crippen LogP contribution in [0.1, 0.15) is 60.8 Å². The van der Waals surface area contributed by atoms with Gasteiger partial charge in [0.25, 0.3) is 11.4 Å². The van der Waals surface area contributed by atoms with E-state index in [0.29, 0.717) is 22.8 Å². The molecule has 4 heterocycles. The second kappa shape index (κ2) is 15.5. The van der Waals surface area contributed by atoms with Gasteiger partial charge in [0, 0.05) is 44.2 Å². The Hall–Kier alpha value is -6.71. The Morgan fingerprint density at radius 3 is 2.08 bits per heavy atom. The minimum Gasteiger partial charge on any atom is -0.509 e. The first-order valence-corrected chi connectivity index (χ1v) is 18.5. The molecule has 292 valence electrons. The van der Waals surface area contributed by atoms with Gasteiger partial charge in [0.15, 0.2) is 0 Å². The molecule has 1 aliphatic heterocycles. The van der Waals surface area contributed by atoms with Crippen molar-refractivity contribution < 1.29 is 49.1 Å². The Kier molecular flexibility index (Phi) is 6.13. The van der Waals surface area contributed by atoms with Crippen molar-refractivity contribution in [2.75, 3.05) is 0 Å². The van der Waals surface area contributed by atoms with E-state index in [1.165, 1.54) is 9.15 Å². The minimum absolute atomic E-state index is 0. The van der Waals surface area contributed by atoms with Crippen molar-refractivity contribution in [1.29, 1.82) is 0 Å². The molecule has 0 N–H and O–H groups in total. The molecular formula is C53H41N5OPt+2. The van der Waals surface area contributed by atoms with E-state index in [0.717, 1.165) is 21.9 Å². The summed E-state index contributed by atoms with van der Waals surface area (Å²) in [4.78, 5) is 9.14. The molecule has 6 nitrogen and oxygen atoms in total. The van der Waals surface area contributed by atoms with Crippen molar-refractivity contribution in [3.05, 3.63) is 187 Å². The average molecular weight is 976 g/mol. The quantitative estimate of drug-likeness (QED) is 0.118. The molecular weight excluding hydrogens is 918 g/mol. The Morgan fingerprint density at radius 2 is 1.40 bits per heavy atom. The van der Waals surface area contributed by atoms with E-state index < -0.39 is 119 Å². The fourth-order valence-corrected chi connectivity index (χ4v) is 7.08. The van der Waals surface area contributed by atoms with Gasteiger partial charge in [-0.3, -0.25) is 4.98 Å². The summed E-state index contributed by atoms with van der Waals surface area (Å²) in [5.74, 6) is 1.17. The second-order valence-corrected chi connectivity index (χ2v) is 14.7. The standard InChI is InChI=1S/C53H41N5O.Pt/c1-35-16-20-37(21-17-35)43-12-9-13-44(38-22-18-36(2)19-23-38)52(43)57-34-56(47-14-6-7-15-48(47)57)40-10-8-11-41(31-40)59-42-24-25-45-46-27-28-54-33-50(46)58(49(45)32-42)51-30-39(26-29-55-51)53(3,4)5;/h6-30,33H,1-5H3;/q;+2/i1D3,2D3,9D,12D,13D,16D,17D,18D,19D,20D,21D,22D,23D;. The zero-order chi connectivity index (χ0) is 54.8. The van der Waals surface area contributed by atoms with Crippen molar-refractivity contribution in [2.45, 2.75) is 39.9 Å². The number of ether oxygens (including phenoxy) is 1. The predicted octanol–water partition coefficient (Wildman–Crippen LogP) is 13.1. The van der Waals surface area contributed by atoms with Crippen molar-refractivity contribution in [1.82, 2.24) is 23.7 Å². The number of fused-ring (bicyclic) bond motifs is 4. The molecule has 0 unspecified atom stereocenters. The normalized spacial score (nSPS) is 16.7. The summed E-state index contributed by atoms with van der Waals surface area (Å²) in [6.07, 6.45) is 5.24. The number of nitrogens with zero attached hydrogens (tertiary/aromatic N) is 5. The van der Waals surface area contributed by atoms with E-state index in [2.05, 4.69) is 43.9 Å². The summed E-state index contributed by atoms with van der Waals surface area (Å²) in [7, 11) is 0. The van der Waals surface area contributed by atoms with Crippen molar-refractivity contribution in [2.24, 2.45) is 0 Å². The summed E-state index contributed by atoms with van der Waals surface area (Å²) in [6, 6.07) is 20.7. The summed E-state index contributed by atoms with van der Waals surface area (Å²) in [6.45, 7) is 0.0862. The molecule has 10 rings (SSSR count). The largest absolute Gasteiger partial charge is 2.00 e. The molecule has 0 bridgehead atoms. The summed E-state index contributed by atoms with van der Waals surface area (Å²) >= 11 is 0. The third kappa shape index (κ3) is 6.98. The number of benzene rings is 6. The number of aromatic nitrogens is 3. The number of pyridine rings is 2. The monoisotopic (exact) mass is 975 g/mol. The molecule has 1 aliphatic rings. The van der Waals surface area contributed by atoms with Crippen LogP contribution in [0.15, 0.2) is 158 Å². The maximum atomic E-state index is 9.42. The van der Waals surface area contributed by atoms with E-state index >= 15 is 0 Å². The second-order valence-electron chi connectivity index (χ2n) is 14.7. The molecule has 0 saturated carbocycles. The fraction of sp³-hybridized carbons (Fsp3) is 0.113. The molecule has 3 aromatic heterocycles. The van der Waals surface area contributed by atoms with E-state index in [-0.39, 0.29) is 43.6 Å². The Balaban J connectivity index is 0.00000722. The van der Waals surface area contributed by atoms with Crippen LogP contribution in [0.25, 0.3) is 49.9 Å². The zero-order valence-corrected chi connectivity index (χ0v) is 34.4. The van der Waals surface area contributed by atoms with Crippen molar-refractivity contribution >= 4 is 50.6 Å². The van der Waals surface area contributed by atoms with Crippen LogP contribution in [0, 0.1) is 25.8 Å². The molecule has 0 aliphatic carbocycles. The van der Waals surface area contributed by atoms with Gasteiger partial charge in [-0.2, -0.15) is 12.1 Å². The van der Waals surface area contributed by atoms with Gasteiger partial charge in [-0.25, -0.2) is 4.98 Å². The molecule has 9 aromatic rings. The maximum absolute atomic E-state index is 9.42. The minimum atomic E-state index is -3.13. The van der Waals surface area contributed by atoms with E-state index in [1.807, 2.05) is 28.8 Å². The van der Waals surface area contributed by atoms with E-state index in [9.17, 15) is 8.22 Å². The number of hydrogen-bond donors (Lipinski definition) is 0. The predicted molar refractivity (Wildman–Crippen MR) is 240 cm³/mol. The Labute approximate surface area is 388 Å². The van der Waals surface area contributed by atoms with Crippen LogP contribution < -0.4 is 13.9 Å². The SMILES string of the molecule is [2H]c1c([2H])c(-c2c([2H])c([2H])c(C([2H])([2H])[2H])c([2H])c2[2H])c([N+]2=C=[N+](c3[c-]c(Oc4[c-]c5c(cc4)c4ccncc4n5-c4cc(C(C)(C)C)ccn4)ccc3)c3ccccc32)c(-c2c([2H])c([2H])c(C([2H])([2H])[2H])c([2H])c2[2H])c1[2H].[Pt+2]. The fourth-order valence-electron chi connectivity index (χ4n) is 7.08. The van der Waals surface area contributed by atoms with Crippen LogP contribution in [-0.4, -0.2) is 20.5 Å². The average Bonchev–Trinajstić information content (AvgIpc) is 3.94. The van der Waals surface area contributed by atoms with Crippen LogP contribution in [-0.2, 0) is 26.5 Å².